The van der Waals surface area contributed by atoms with Crippen molar-refractivity contribution in [1.29, 1.82) is 0 Å². The maximum atomic E-state index is 13.0. The number of aryl methyl sites for hydroxylation is 1. The molecule has 1 fully saturated rings. The fourth-order valence-corrected chi connectivity index (χ4v) is 3.92. The first-order valence-electron chi connectivity index (χ1n) is 9.58. The van der Waals surface area contributed by atoms with E-state index in [0.29, 0.717) is 19.4 Å². The molecule has 2 N–H and O–H groups in total. The van der Waals surface area contributed by atoms with Crippen LogP contribution < -0.4 is 5.32 Å². The second-order valence-corrected chi connectivity index (χ2v) is 8.18. The summed E-state index contributed by atoms with van der Waals surface area (Å²) in [6.07, 6.45) is 4.63. The van der Waals surface area contributed by atoms with E-state index in [1.807, 2.05) is 48.1 Å². The molecule has 2 aromatic rings. The van der Waals surface area contributed by atoms with E-state index in [2.05, 4.69) is 24.1 Å². The minimum Gasteiger partial charge on any atom is -0.481 e. The van der Waals surface area contributed by atoms with Gasteiger partial charge in [-0.2, -0.15) is 0 Å². The molecule has 1 aliphatic heterocycles. The summed E-state index contributed by atoms with van der Waals surface area (Å²) in [5.41, 5.74) is 1.01. The quantitative estimate of drug-likeness (QED) is 0.768. The van der Waals surface area contributed by atoms with Crippen molar-refractivity contribution in [2.45, 2.75) is 45.2 Å². The number of nitrogens with zero attached hydrogens (tertiary/aromatic N) is 3. The summed E-state index contributed by atoms with van der Waals surface area (Å²) in [5.74, 6) is -0.000161. The number of aliphatic carboxylic acids is 1. The van der Waals surface area contributed by atoms with Crippen molar-refractivity contribution in [3.05, 3.63) is 54.1 Å². The van der Waals surface area contributed by atoms with E-state index in [0.717, 1.165) is 11.4 Å². The molecule has 1 aromatic heterocycles. The summed E-state index contributed by atoms with van der Waals surface area (Å²) in [5, 5.41) is 12.1. The van der Waals surface area contributed by atoms with Gasteiger partial charge in [0.15, 0.2) is 0 Å². The fraction of sp³-hybridized carbons (Fsp3) is 0.476. The Hall–Kier alpha value is -2.83. The summed E-state index contributed by atoms with van der Waals surface area (Å²) in [6.45, 7) is 4.89. The zero-order valence-corrected chi connectivity index (χ0v) is 16.6. The van der Waals surface area contributed by atoms with Gasteiger partial charge in [0.25, 0.3) is 0 Å². The molecular weight excluding hydrogens is 356 g/mol. The van der Waals surface area contributed by atoms with E-state index in [4.69, 9.17) is 5.11 Å². The third-order valence-electron chi connectivity index (χ3n) is 5.35. The number of carboxylic acid groups (broad SMARTS) is 1. The van der Waals surface area contributed by atoms with Crippen LogP contribution in [0, 0.1) is 5.41 Å². The number of hydrogen-bond donors (Lipinski definition) is 2. The van der Waals surface area contributed by atoms with Gasteiger partial charge < -0.3 is 19.9 Å². The molecule has 0 aliphatic carbocycles. The Balaban J connectivity index is 1.71. The number of rotatable bonds is 7. The lowest BCUT2D eigenvalue weighted by molar-refractivity contribution is -0.137. The van der Waals surface area contributed by atoms with E-state index in [9.17, 15) is 9.59 Å². The molecule has 28 heavy (non-hydrogen) atoms. The first kappa shape index (κ1) is 19.9. The first-order valence-corrected chi connectivity index (χ1v) is 9.58. The van der Waals surface area contributed by atoms with Crippen LogP contribution in [0.3, 0.4) is 0 Å². The summed E-state index contributed by atoms with van der Waals surface area (Å²) in [6, 6.07) is 9.29. The molecule has 2 unspecified atom stereocenters. The molecule has 3 rings (SSSR count). The summed E-state index contributed by atoms with van der Waals surface area (Å²) < 4.78 is 1.94. The number of amides is 2. The largest absolute Gasteiger partial charge is 0.481 e. The lowest BCUT2D eigenvalue weighted by atomic mass is 9.74. The van der Waals surface area contributed by atoms with Gasteiger partial charge in [0, 0.05) is 43.9 Å². The highest BCUT2D eigenvalue weighted by Crippen LogP contribution is 2.47. The number of urea groups is 1. The number of carbonyl (C=O) groups excluding carboxylic acids is 1. The van der Waals surface area contributed by atoms with Gasteiger partial charge in [-0.1, -0.05) is 44.2 Å². The van der Waals surface area contributed by atoms with Crippen LogP contribution in [0.5, 0.6) is 0 Å². The van der Waals surface area contributed by atoms with Crippen LogP contribution in [0.25, 0.3) is 0 Å². The molecule has 1 aromatic carbocycles. The van der Waals surface area contributed by atoms with E-state index >= 15 is 0 Å². The van der Waals surface area contributed by atoms with Crippen LogP contribution >= 0.6 is 0 Å². The summed E-state index contributed by atoms with van der Waals surface area (Å²) in [4.78, 5) is 30.3. The molecular formula is C21H28N4O3. The number of carbonyl (C=O) groups is 2. The first-order chi connectivity index (χ1) is 13.3. The van der Waals surface area contributed by atoms with Crippen LogP contribution in [-0.4, -0.2) is 44.1 Å². The maximum Gasteiger partial charge on any atom is 0.318 e. The molecule has 7 nitrogen and oxygen atoms in total. The van der Waals surface area contributed by atoms with Crippen molar-refractivity contribution >= 4 is 12.0 Å². The molecule has 2 amide bonds. The molecule has 150 valence electrons. The van der Waals surface area contributed by atoms with Crippen molar-refractivity contribution in [3.8, 4) is 0 Å². The molecule has 0 spiro atoms. The Kier molecular flexibility index (Phi) is 5.72. The van der Waals surface area contributed by atoms with Crippen LogP contribution in [0.4, 0.5) is 4.79 Å². The van der Waals surface area contributed by atoms with Gasteiger partial charge in [-0.15, -0.1) is 0 Å². The number of aromatic nitrogens is 2. The molecule has 0 radical (unpaired) electrons. The van der Waals surface area contributed by atoms with E-state index in [-0.39, 0.29) is 30.0 Å². The summed E-state index contributed by atoms with van der Waals surface area (Å²) >= 11 is 0. The van der Waals surface area contributed by atoms with Gasteiger partial charge in [-0.05, 0) is 18.4 Å². The predicted octanol–water partition coefficient (Wildman–Crippen LogP) is 2.99. The third-order valence-corrected chi connectivity index (χ3v) is 5.35. The third kappa shape index (κ3) is 4.35. The van der Waals surface area contributed by atoms with Gasteiger partial charge in [-0.25, -0.2) is 9.78 Å². The second-order valence-electron chi connectivity index (χ2n) is 8.18. The molecule has 7 heteroatoms. The number of carboxylic acids is 1. The second kappa shape index (κ2) is 8.04. The number of benzene rings is 1. The normalized spacial score (nSPS) is 19.0. The standard InChI is InChI=1S/C21H28N4O3/c1-21(2)14-25(18(21)19-22-11-12-24(19)3)20(28)23-16(9-10-17(26)27)13-15-7-5-4-6-8-15/h4-8,11-12,16,18H,9-10,13-14H2,1-3H3,(H,23,28)(H,26,27). The molecule has 2 heterocycles. The molecule has 1 saturated heterocycles. The molecule has 0 saturated carbocycles. The van der Waals surface area contributed by atoms with Crippen LogP contribution in [-0.2, 0) is 18.3 Å². The zero-order valence-electron chi connectivity index (χ0n) is 16.6. The van der Waals surface area contributed by atoms with Crippen molar-refractivity contribution in [1.82, 2.24) is 19.8 Å². The van der Waals surface area contributed by atoms with Crippen LogP contribution in [0.2, 0.25) is 0 Å². The Labute approximate surface area is 165 Å². The number of hydrogen-bond acceptors (Lipinski definition) is 3. The number of imidazole rings is 1. The van der Waals surface area contributed by atoms with Crippen molar-refractivity contribution in [2.24, 2.45) is 12.5 Å². The van der Waals surface area contributed by atoms with Gasteiger partial charge >= 0.3 is 12.0 Å². The van der Waals surface area contributed by atoms with Gasteiger partial charge in [0.05, 0.1) is 6.04 Å². The van der Waals surface area contributed by atoms with Gasteiger partial charge in [0.2, 0.25) is 0 Å². The van der Waals surface area contributed by atoms with Crippen molar-refractivity contribution in [3.63, 3.8) is 0 Å². The molecule has 0 bridgehead atoms. The monoisotopic (exact) mass is 384 g/mol. The predicted molar refractivity (Wildman–Crippen MR) is 106 cm³/mol. The Morgan fingerprint density at radius 2 is 2.04 bits per heavy atom. The number of nitrogens with one attached hydrogen (secondary N) is 1. The fourth-order valence-electron chi connectivity index (χ4n) is 3.92. The zero-order chi connectivity index (χ0) is 20.3. The average Bonchev–Trinajstić information content (AvgIpc) is 3.03. The van der Waals surface area contributed by atoms with Crippen LogP contribution in [0.1, 0.15) is 44.1 Å². The van der Waals surface area contributed by atoms with Gasteiger partial charge in [0.1, 0.15) is 5.82 Å². The lowest BCUT2D eigenvalue weighted by Crippen LogP contribution is -2.62. The van der Waals surface area contributed by atoms with E-state index < -0.39 is 5.97 Å². The Bertz CT molecular complexity index is 831. The van der Waals surface area contributed by atoms with E-state index in [1.165, 1.54) is 0 Å². The van der Waals surface area contributed by atoms with Crippen molar-refractivity contribution in [2.75, 3.05) is 6.54 Å². The minimum atomic E-state index is -0.858. The molecule has 1 aliphatic rings. The highest BCUT2D eigenvalue weighted by molar-refractivity contribution is 5.76. The maximum absolute atomic E-state index is 13.0. The Morgan fingerprint density at radius 3 is 2.61 bits per heavy atom. The smallest absolute Gasteiger partial charge is 0.318 e. The van der Waals surface area contributed by atoms with E-state index in [1.54, 1.807) is 11.1 Å². The highest BCUT2D eigenvalue weighted by Gasteiger charge is 2.51. The van der Waals surface area contributed by atoms with Crippen molar-refractivity contribution < 1.29 is 14.7 Å². The average molecular weight is 384 g/mol. The SMILES string of the molecule is Cn1ccnc1C1N(C(=O)NC(CCC(=O)O)Cc2ccccc2)CC1(C)C. The molecule has 2 atom stereocenters. The van der Waals surface area contributed by atoms with Gasteiger partial charge in [-0.3, -0.25) is 4.79 Å². The van der Waals surface area contributed by atoms with Crippen LogP contribution in [0.15, 0.2) is 42.7 Å². The lowest BCUT2D eigenvalue weighted by Gasteiger charge is -2.53. The Morgan fingerprint density at radius 1 is 1.32 bits per heavy atom. The topological polar surface area (TPSA) is 87.5 Å². The number of likely N-dealkylation sites (tertiary alicyclic amines) is 1. The minimum absolute atomic E-state index is 0.0199. The highest BCUT2D eigenvalue weighted by atomic mass is 16.4. The summed E-state index contributed by atoms with van der Waals surface area (Å²) in [7, 11) is 1.93.